The van der Waals surface area contributed by atoms with Crippen molar-refractivity contribution in [1.29, 1.82) is 0 Å². The van der Waals surface area contributed by atoms with Gasteiger partial charge in [0.15, 0.2) is 0 Å². The molecule has 0 amide bonds. The van der Waals surface area contributed by atoms with Crippen LogP contribution in [0, 0.1) is 6.92 Å². The maximum absolute atomic E-state index is 6.21. The van der Waals surface area contributed by atoms with Crippen LogP contribution in [0.3, 0.4) is 0 Å². The summed E-state index contributed by atoms with van der Waals surface area (Å²) in [5.74, 6) is 3.26. The minimum atomic E-state index is 0.384. The zero-order valence-electron chi connectivity index (χ0n) is 14.3. The van der Waals surface area contributed by atoms with E-state index in [1.165, 1.54) is 61.3 Å². The molecule has 126 valence electrons. The quantitative estimate of drug-likeness (QED) is 0.739. The Morgan fingerprint density at radius 2 is 1.79 bits per heavy atom. The van der Waals surface area contributed by atoms with Crippen LogP contribution in [0.25, 0.3) is 0 Å². The van der Waals surface area contributed by atoms with Crippen LogP contribution in [0.1, 0.15) is 41.2 Å². The first-order valence-corrected chi connectivity index (χ1v) is 10.1. The van der Waals surface area contributed by atoms with Crippen molar-refractivity contribution in [2.75, 3.05) is 25.4 Å². The van der Waals surface area contributed by atoms with Gasteiger partial charge in [-0.05, 0) is 44.5 Å². The van der Waals surface area contributed by atoms with Crippen LogP contribution in [0.4, 0.5) is 0 Å². The van der Waals surface area contributed by atoms with Gasteiger partial charge in [0.05, 0.1) is 5.25 Å². The normalized spacial score (nSPS) is 20.1. The van der Waals surface area contributed by atoms with E-state index in [0.717, 1.165) is 11.5 Å². The first-order chi connectivity index (χ1) is 11.8. The summed E-state index contributed by atoms with van der Waals surface area (Å²) in [6.45, 7) is 5.90. The van der Waals surface area contributed by atoms with E-state index in [9.17, 15) is 0 Å². The van der Waals surface area contributed by atoms with Gasteiger partial charge in [-0.25, -0.2) is 0 Å². The standard InChI is InChI=1S/C21H25NOS/c1-16-8-7-10-18-20(16)23-19-11-4-3-9-17(19)21(18)24-15-14-22-12-5-2-6-13-22/h3-4,7-11,21H,2,5-6,12-15H2,1H3. The third kappa shape index (κ3) is 3.20. The molecule has 0 aliphatic carbocycles. The summed E-state index contributed by atoms with van der Waals surface area (Å²) in [5.41, 5.74) is 3.88. The molecule has 0 radical (unpaired) electrons. The molecule has 2 aliphatic heterocycles. The van der Waals surface area contributed by atoms with Crippen LogP contribution in [0.15, 0.2) is 42.5 Å². The Labute approximate surface area is 149 Å². The highest BCUT2D eigenvalue weighted by atomic mass is 32.2. The Balaban J connectivity index is 1.54. The van der Waals surface area contributed by atoms with Crippen LogP contribution in [0.5, 0.6) is 11.5 Å². The first kappa shape index (κ1) is 16.0. The van der Waals surface area contributed by atoms with Crippen molar-refractivity contribution in [3.8, 4) is 11.5 Å². The van der Waals surface area contributed by atoms with Gasteiger partial charge in [0.2, 0.25) is 0 Å². The molecule has 2 aromatic rings. The molecule has 1 saturated heterocycles. The van der Waals surface area contributed by atoms with Crippen molar-refractivity contribution in [1.82, 2.24) is 4.90 Å². The third-order valence-corrected chi connectivity index (χ3v) is 6.34. The van der Waals surface area contributed by atoms with E-state index < -0.39 is 0 Å². The number of piperidine rings is 1. The zero-order valence-corrected chi connectivity index (χ0v) is 15.1. The molecule has 1 unspecified atom stereocenters. The zero-order chi connectivity index (χ0) is 16.4. The largest absolute Gasteiger partial charge is 0.456 e. The Bertz CT molecular complexity index is 709. The van der Waals surface area contributed by atoms with E-state index in [1.807, 2.05) is 0 Å². The average Bonchev–Trinajstić information content (AvgIpc) is 2.63. The van der Waals surface area contributed by atoms with E-state index in [2.05, 4.69) is 66.1 Å². The molecular formula is C21H25NOS. The van der Waals surface area contributed by atoms with Crippen molar-refractivity contribution in [3.05, 3.63) is 59.2 Å². The molecule has 0 N–H and O–H groups in total. The molecule has 2 aromatic carbocycles. The number of ether oxygens (including phenoxy) is 1. The summed E-state index contributed by atoms with van der Waals surface area (Å²) in [6.07, 6.45) is 4.14. The van der Waals surface area contributed by atoms with Crippen molar-refractivity contribution in [3.63, 3.8) is 0 Å². The van der Waals surface area contributed by atoms with Gasteiger partial charge in [0, 0.05) is 23.4 Å². The summed E-state index contributed by atoms with van der Waals surface area (Å²) in [6, 6.07) is 15.0. The SMILES string of the molecule is Cc1cccc2c1Oc1ccccc1C2SCCN1CCCCC1. The number of benzene rings is 2. The molecule has 4 rings (SSSR count). The molecule has 1 atom stereocenters. The van der Waals surface area contributed by atoms with Gasteiger partial charge in [-0.15, -0.1) is 11.8 Å². The number of para-hydroxylation sites is 2. The number of nitrogens with zero attached hydrogens (tertiary/aromatic N) is 1. The van der Waals surface area contributed by atoms with Gasteiger partial charge in [0.1, 0.15) is 11.5 Å². The fourth-order valence-corrected chi connectivity index (χ4v) is 5.09. The van der Waals surface area contributed by atoms with E-state index in [0.29, 0.717) is 5.25 Å². The molecule has 0 saturated carbocycles. The lowest BCUT2D eigenvalue weighted by molar-refractivity contribution is 0.242. The Morgan fingerprint density at radius 1 is 1.00 bits per heavy atom. The molecule has 2 aliphatic rings. The highest BCUT2D eigenvalue weighted by Crippen LogP contribution is 2.50. The predicted molar refractivity (Wildman–Crippen MR) is 102 cm³/mol. The van der Waals surface area contributed by atoms with Gasteiger partial charge in [0.25, 0.3) is 0 Å². The van der Waals surface area contributed by atoms with Gasteiger partial charge in [-0.1, -0.05) is 42.8 Å². The van der Waals surface area contributed by atoms with E-state index in [-0.39, 0.29) is 0 Å². The van der Waals surface area contributed by atoms with Crippen molar-refractivity contribution >= 4 is 11.8 Å². The molecular weight excluding hydrogens is 314 g/mol. The molecule has 1 fully saturated rings. The summed E-state index contributed by atoms with van der Waals surface area (Å²) < 4.78 is 6.21. The van der Waals surface area contributed by atoms with Crippen LogP contribution >= 0.6 is 11.8 Å². The second-order valence-corrected chi connectivity index (χ2v) is 8.00. The van der Waals surface area contributed by atoms with Crippen LogP contribution < -0.4 is 4.74 Å². The van der Waals surface area contributed by atoms with Crippen molar-refractivity contribution in [2.45, 2.75) is 31.4 Å². The Morgan fingerprint density at radius 3 is 2.67 bits per heavy atom. The third-order valence-electron chi connectivity index (χ3n) is 5.08. The highest BCUT2D eigenvalue weighted by molar-refractivity contribution is 7.99. The minimum absolute atomic E-state index is 0.384. The second-order valence-electron chi connectivity index (χ2n) is 6.79. The molecule has 24 heavy (non-hydrogen) atoms. The predicted octanol–water partition coefficient (Wildman–Crippen LogP) is 5.41. The summed E-state index contributed by atoms with van der Waals surface area (Å²) in [4.78, 5) is 2.62. The molecule has 0 spiro atoms. The van der Waals surface area contributed by atoms with Crippen molar-refractivity contribution < 1.29 is 4.74 Å². The summed E-state index contributed by atoms with van der Waals surface area (Å²) in [5, 5.41) is 0.384. The van der Waals surface area contributed by atoms with E-state index in [1.54, 1.807) is 0 Å². The average molecular weight is 340 g/mol. The maximum atomic E-state index is 6.21. The molecule has 0 bridgehead atoms. The van der Waals surface area contributed by atoms with Crippen LogP contribution in [-0.4, -0.2) is 30.3 Å². The lowest BCUT2D eigenvalue weighted by atomic mass is 9.98. The minimum Gasteiger partial charge on any atom is -0.456 e. The molecule has 0 aromatic heterocycles. The Hall–Kier alpha value is -1.45. The van der Waals surface area contributed by atoms with Crippen molar-refractivity contribution in [2.24, 2.45) is 0 Å². The number of likely N-dealkylation sites (tertiary alicyclic amines) is 1. The number of hydrogen-bond acceptors (Lipinski definition) is 3. The van der Waals surface area contributed by atoms with Crippen LogP contribution in [0.2, 0.25) is 0 Å². The number of aryl methyl sites for hydroxylation is 1. The first-order valence-electron chi connectivity index (χ1n) is 9.03. The molecule has 2 heterocycles. The number of hydrogen-bond donors (Lipinski definition) is 0. The number of rotatable bonds is 4. The molecule has 3 heteroatoms. The number of thioether (sulfide) groups is 1. The maximum Gasteiger partial charge on any atom is 0.135 e. The summed E-state index contributed by atoms with van der Waals surface area (Å²) >= 11 is 2.06. The van der Waals surface area contributed by atoms with Gasteiger partial charge < -0.3 is 9.64 Å². The fraction of sp³-hybridized carbons (Fsp3) is 0.429. The van der Waals surface area contributed by atoms with Gasteiger partial charge in [-0.3, -0.25) is 0 Å². The van der Waals surface area contributed by atoms with Crippen LogP contribution in [-0.2, 0) is 0 Å². The van der Waals surface area contributed by atoms with E-state index in [4.69, 9.17) is 4.74 Å². The fourth-order valence-electron chi connectivity index (χ4n) is 3.75. The highest BCUT2D eigenvalue weighted by Gasteiger charge is 2.28. The Kier molecular flexibility index (Phi) is 4.81. The molecule has 2 nitrogen and oxygen atoms in total. The second kappa shape index (κ2) is 7.20. The lowest BCUT2D eigenvalue weighted by Crippen LogP contribution is -2.31. The van der Waals surface area contributed by atoms with Gasteiger partial charge in [-0.2, -0.15) is 0 Å². The lowest BCUT2D eigenvalue weighted by Gasteiger charge is -2.30. The summed E-state index contributed by atoms with van der Waals surface area (Å²) in [7, 11) is 0. The number of fused-ring (bicyclic) bond motifs is 2. The topological polar surface area (TPSA) is 12.5 Å². The van der Waals surface area contributed by atoms with E-state index >= 15 is 0 Å². The van der Waals surface area contributed by atoms with Gasteiger partial charge >= 0.3 is 0 Å². The smallest absolute Gasteiger partial charge is 0.135 e. The monoisotopic (exact) mass is 339 g/mol.